The lowest BCUT2D eigenvalue weighted by molar-refractivity contribution is 0.403. The molecule has 1 aliphatic rings. The van der Waals surface area contributed by atoms with Gasteiger partial charge in [-0.2, -0.15) is 0 Å². The first-order valence-corrected chi connectivity index (χ1v) is 6.41. The molecule has 0 bridgehead atoms. The molecule has 0 fully saturated rings. The van der Waals surface area contributed by atoms with Crippen molar-refractivity contribution in [2.24, 2.45) is 0 Å². The monoisotopic (exact) mass is 277 g/mol. The van der Waals surface area contributed by atoms with Crippen molar-refractivity contribution in [1.29, 1.82) is 0 Å². The second kappa shape index (κ2) is 4.44. The van der Waals surface area contributed by atoms with Crippen molar-refractivity contribution in [3.63, 3.8) is 0 Å². The fourth-order valence-electron chi connectivity index (χ4n) is 2.52. The van der Waals surface area contributed by atoms with Gasteiger partial charge in [0.2, 0.25) is 0 Å². The summed E-state index contributed by atoms with van der Waals surface area (Å²) in [6.45, 7) is 3.80. The lowest BCUT2D eigenvalue weighted by Gasteiger charge is -2.21. The first-order chi connectivity index (χ1) is 9.51. The third-order valence-corrected chi connectivity index (χ3v) is 3.67. The van der Waals surface area contributed by atoms with Crippen LogP contribution in [0.4, 0.5) is 8.78 Å². The van der Waals surface area contributed by atoms with Crippen molar-refractivity contribution in [2.45, 2.75) is 26.7 Å². The van der Waals surface area contributed by atoms with E-state index in [1.807, 2.05) is 13.8 Å². The van der Waals surface area contributed by atoms with Gasteiger partial charge in [-0.25, -0.2) is 8.78 Å². The molecule has 1 N–H and O–H groups in total. The van der Waals surface area contributed by atoms with E-state index in [0.717, 1.165) is 29.9 Å². The highest BCUT2D eigenvalue weighted by atomic mass is 19.2. The van der Waals surface area contributed by atoms with E-state index in [1.165, 1.54) is 0 Å². The maximum atomic E-state index is 13.4. The largest absolute Gasteiger partial charge is 0.461 e. The molecule has 5 heteroatoms. The van der Waals surface area contributed by atoms with Gasteiger partial charge in [-0.15, -0.1) is 0 Å². The highest BCUT2D eigenvalue weighted by molar-refractivity contribution is 5.86. The molecule has 0 atom stereocenters. The fraction of sp³-hybridized carbons (Fsp3) is 0.267. The van der Waals surface area contributed by atoms with Crippen LogP contribution in [-0.4, -0.2) is 4.98 Å². The van der Waals surface area contributed by atoms with Crippen LogP contribution in [0.5, 0.6) is 5.75 Å². The molecule has 3 rings (SSSR count). The summed E-state index contributed by atoms with van der Waals surface area (Å²) in [6.07, 6.45) is 1.25. The minimum atomic E-state index is -0.995. The van der Waals surface area contributed by atoms with E-state index in [2.05, 4.69) is 4.98 Å². The predicted octanol–water partition coefficient (Wildman–Crippen LogP) is 3.43. The Balaban J connectivity index is 2.33. The van der Waals surface area contributed by atoms with Crippen molar-refractivity contribution in [1.82, 2.24) is 4.98 Å². The molecule has 0 amide bonds. The number of hydrogen-bond donors (Lipinski definition) is 1. The molecule has 0 unspecified atom stereocenters. The molecule has 2 aromatic rings. The number of fused-ring (bicyclic) bond motifs is 3. The third-order valence-electron chi connectivity index (χ3n) is 3.67. The molecule has 0 radical (unpaired) electrons. The van der Waals surface area contributed by atoms with Gasteiger partial charge in [-0.05, 0) is 25.0 Å². The molecule has 1 aromatic heterocycles. The summed E-state index contributed by atoms with van der Waals surface area (Å²) in [4.78, 5) is 14.6. The van der Waals surface area contributed by atoms with E-state index >= 15 is 0 Å². The highest BCUT2D eigenvalue weighted by Crippen LogP contribution is 2.35. The van der Waals surface area contributed by atoms with Gasteiger partial charge in [-0.1, -0.05) is 6.92 Å². The van der Waals surface area contributed by atoms with Crippen molar-refractivity contribution < 1.29 is 13.5 Å². The summed E-state index contributed by atoms with van der Waals surface area (Å²) in [5.41, 5.74) is 1.41. The second-order valence-electron chi connectivity index (χ2n) is 4.87. The van der Waals surface area contributed by atoms with Crippen LogP contribution in [-0.2, 0) is 6.42 Å². The number of benzene rings is 1. The van der Waals surface area contributed by atoms with Gasteiger partial charge in [0, 0.05) is 17.9 Å². The van der Waals surface area contributed by atoms with Crippen LogP contribution in [0.2, 0.25) is 0 Å². The van der Waals surface area contributed by atoms with Gasteiger partial charge in [0.25, 0.3) is 5.56 Å². The summed E-state index contributed by atoms with van der Waals surface area (Å²) in [7, 11) is 0. The summed E-state index contributed by atoms with van der Waals surface area (Å²) >= 11 is 0. The Bertz CT molecular complexity index is 806. The van der Waals surface area contributed by atoms with Crippen LogP contribution >= 0.6 is 0 Å². The number of aromatic amines is 1. The first kappa shape index (κ1) is 12.8. The molecule has 0 aliphatic carbocycles. The summed E-state index contributed by atoms with van der Waals surface area (Å²) < 4.78 is 32.4. The summed E-state index contributed by atoms with van der Waals surface area (Å²) in [5.74, 6) is -0.905. The van der Waals surface area contributed by atoms with Crippen LogP contribution in [0.15, 0.2) is 28.3 Å². The summed E-state index contributed by atoms with van der Waals surface area (Å²) in [5, 5.41) is 0.382. The molecule has 1 aliphatic heterocycles. The molecule has 2 heterocycles. The Morgan fingerprint density at radius 3 is 2.70 bits per heavy atom. The predicted molar refractivity (Wildman–Crippen MR) is 71.8 cm³/mol. The number of halogens is 2. The van der Waals surface area contributed by atoms with Crippen molar-refractivity contribution in [2.75, 3.05) is 0 Å². The van der Waals surface area contributed by atoms with Gasteiger partial charge in [0.05, 0.1) is 11.1 Å². The van der Waals surface area contributed by atoms with E-state index in [1.54, 1.807) is 0 Å². The number of H-pyrrole nitrogens is 1. The van der Waals surface area contributed by atoms with Crippen LogP contribution in [0.3, 0.4) is 0 Å². The zero-order valence-electron chi connectivity index (χ0n) is 11.1. The maximum absolute atomic E-state index is 13.4. The average molecular weight is 277 g/mol. The van der Waals surface area contributed by atoms with Crippen molar-refractivity contribution in [3.05, 3.63) is 51.0 Å². The molecule has 20 heavy (non-hydrogen) atoms. The molecule has 3 nitrogen and oxygen atoms in total. The van der Waals surface area contributed by atoms with Gasteiger partial charge >= 0.3 is 0 Å². The van der Waals surface area contributed by atoms with Gasteiger partial charge < -0.3 is 9.72 Å². The number of aromatic nitrogens is 1. The van der Waals surface area contributed by atoms with Crippen LogP contribution in [0.1, 0.15) is 25.8 Å². The zero-order valence-corrected chi connectivity index (χ0v) is 11.1. The van der Waals surface area contributed by atoms with Crippen LogP contribution in [0.25, 0.3) is 10.9 Å². The molecule has 104 valence electrons. The molecule has 0 saturated carbocycles. The summed E-state index contributed by atoms with van der Waals surface area (Å²) in [6, 6.07) is 2.04. The number of hydrogen-bond acceptors (Lipinski definition) is 2. The van der Waals surface area contributed by atoms with Gasteiger partial charge in [0.15, 0.2) is 11.6 Å². The van der Waals surface area contributed by atoms with Crippen molar-refractivity contribution in [3.8, 4) is 5.75 Å². The standard InChI is InChI=1S/C15H13F2NO2/c1-3-8-4-10-14(20-7(8)2)9-5-11(16)12(17)6-13(9)18-15(10)19/h5-6H,3-4H2,1-2H3,(H,18,19). The van der Waals surface area contributed by atoms with E-state index in [-0.39, 0.29) is 11.1 Å². The lowest BCUT2D eigenvalue weighted by Crippen LogP contribution is -2.20. The Hall–Kier alpha value is -2.17. The minimum Gasteiger partial charge on any atom is -0.461 e. The Morgan fingerprint density at radius 1 is 1.30 bits per heavy atom. The zero-order chi connectivity index (χ0) is 14.4. The number of rotatable bonds is 1. The van der Waals surface area contributed by atoms with Crippen LogP contribution in [0, 0.1) is 11.6 Å². The van der Waals surface area contributed by atoms with E-state index < -0.39 is 11.6 Å². The number of nitrogens with one attached hydrogen (secondary N) is 1. The smallest absolute Gasteiger partial charge is 0.255 e. The molecule has 0 spiro atoms. The van der Waals surface area contributed by atoms with Gasteiger partial charge in [0.1, 0.15) is 11.5 Å². The van der Waals surface area contributed by atoms with E-state index in [9.17, 15) is 13.6 Å². The molecular formula is C15H13F2NO2. The van der Waals surface area contributed by atoms with Gasteiger partial charge in [-0.3, -0.25) is 4.79 Å². The number of pyridine rings is 1. The highest BCUT2D eigenvalue weighted by Gasteiger charge is 2.22. The SMILES string of the molecule is CCC1=C(C)Oc2c(c(=O)[nH]c3cc(F)c(F)cc23)C1. The average Bonchev–Trinajstić information content (AvgIpc) is 2.41. The topological polar surface area (TPSA) is 42.1 Å². The van der Waals surface area contributed by atoms with E-state index in [0.29, 0.717) is 23.1 Å². The molecule has 1 aromatic carbocycles. The van der Waals surface area contributed by atoms with Crippen molar-refractivity contribution >= 4 is 10.9 Å². The fourth-order valence-corrected chi connectivity index (χ4v) is 2.52. The Labute approximate surface area is 113 Å². The molecule has 0 saturated heterocycles. The second-order valence-corrected chi connectivity index (χ2v) is 4.87. The molecular weight excluding hydrogens is 264 g/mol. The third kappa shape index (κ3) is 1.81. The maximum Gasteiger partial charge on any atom is 0.255 e. The number of allylic oxidation sites excluding steroid dienone is 2. The van der Waals surface area contributed by atoms with Crippen LogP contribution < -0.4 is 10.3 Å². The Kier molecular flexibility index (Phi) is 2.85. The number of ether oxygens (including phenoxy) is 1. The minimum absolute atomic E-state index is 0.236. The first-order valence-electron chi connectivity index (χ1n) is 6.41. The normalized spacial score (nSPS) is 14.4. The lowest BCUT2D eigenvalue weighted by atomic mass is 9.98. The quantitative estimate of drug-likeness (QED) is 0.867. The van der Waals surface area contributed by atoms with E-state index in [4.69, 9.17) is 4.74 Å². The Morgan fingerprint density at radius 2 is 2.00 bits per heavy atom.